The van der Waals surface area contributed by atoms with Crippen molar-refractivity contribution in [2.24, 2.45) is 0 Å². The highest BCUT2D eigenvalue weighted by Gasteiger charge is 2.19. The monoisotopic (exact) mass is 416 g/mol. The van der Waals surface area contributed by atoms with Crippen molar-refractivity contribution >= 4 is 23.0 Å². The van der Waals surface area contributed by atoms with Crippen LogP contribution in [0.25, 0.3) is 22.2 Å². The topological polar surface area (TPSA) is 70.3 Å². The van der Waals surface area contributed by atoms with E-state index in [0.717, 1.165) is 47.4 Å². The van der Waals surface area contributed by atoms with Crippen LogP contribution in [-0.4, -0.2) is 42.1 Å². The quantitative estimate of drug-likeness (QED) is 0.408. The Labute approximate surface area is 183 Å². The van der Waals surface area contributed by atoms with E-state index in [0.29, 0.717) is 24.3 Å². The minimum Gasteiger partial charge on any atom is -0.493 e. The maximum Gasteiger partial charge on any atom is 0.211 e. The molecule has 1 fully saturated rings. The Hall–Kier alpha value is -3.30. The molecule has 0 atom stereocenters. The summed E-state index contributed by atoms with van der Waals surface area (Å²) in [5.74, 6) is 0.827. The van der Waals surface area contributed by atoms with Crippen LogP contribution in [0.5, 0.6) is 5.75 Å². The summed E-state index contributed by atoms with van der Waals surface area (Å²) in [6, 6.07) is 15.9. The number of amides is 1. The van der Waals surface area contributed by atoms with Gasteiger partial charge in [0.2, 0.25) is 6.41 Å². The number of aryl methyl sites for hydroxylation is 1. The maximum atomic E-state index is 10.8. The first-order valence-corrected chi connectivity index (χ1v) is 11.0. The Morgan fingerprint density at radius 2 is 2.03 bits per heavy atom. The van der Waals surface area contributed by atoms with Gasteiger partial charge in [0.25, 0.3) is 0 Å². The Morgan fingerprint density at radius 1 is 1.19 bits per heavy atom. The number of nitrogens with zero attached hydrogens (tertiary/aromatic N) is 3. The minimum absolute atomic E-state index is 0.640. The van der Waals surface area contributed by atoms with Gasteiger partial charge in [0.05, 0.1) is 23.4 Å². The summed E-state index contributed by atoms with van der Waals surface area (Å²) in [6.07, 6.45) is 4.29. The van der Waals surface area contributed by atoms with E-state index in [1.165, 1.54) is 25.9 Å². The van der Waals surface area contributed by atoms with E-state index in [-0.39, 0.29) is 0 Å². The summed E-state index contributed by atoms with van der Waals surface area (Å²) >= 11 is 0. The van der Waals surface area contributed by atoms with Gasteiger partial charge in [-0.3, -0.25) is 4.79 Å². The van der Waals surface area contributed by atoms with Crippen molar-refractivity contribution in [2.45, 2.75) is 32.7 Å². The third kappa shape index (κ3) is 4.42. The molecule has 0 aliphatic carbocycles. The average Bonchev–Trinajstić information content (AvgIpc) is 3.42. The average molecular weight is 417 g/mol. The highest BCUT2D eigenvalue weighted by Crippen LogP contribution is 2.36. The van der Waals surface area contributed by atoms with Gasteiger partial charge in [0.1, 0.15) is 11.8 Å². The smallest absolute Gasteiger partial charge is 0.211 e. The van der Waals surface area contributed by atoms with E-state index in [9.17, 15) is 10.1 Å². The van der Waals surface area contributed by atoms with Gasteiger partial charge in [0.15, 0.2) is 0 Å². The van der Waals surface area contributed by atoms with Crippen molar-refractivity contribution in [3.05, 3.63) is 48.0 Å². The third-order valence-electron chi connectivity index (χ3n) is 5.91. The number of fused-ring (bicyclic) bond motifs is 1. The molecule has 6 nitrogen and oxygen atoms in total. The molecule has 160 valence electrons. The van der Waals surface area contributed by atoms with E-state index in [1.54, 1.807) is 0 Å². The molecule has 0 bridgehead atoms. The van der Waals surface area contributed by atoms with Gasteiger partial charge in [-0.15, -0.1) is 0 Å². The summed E-state index contributed by atoms with van der Waals surface area (Å²) in [6.45, 7) is 6.98. The fourth-order valence-corrected chi connectivity index (χ4v) is 4.47. The number of ether oxygens (including phenoxy) is 1. The zero-order valence-corrected chi connectivity index (χ0v) is 17.9. The molecule has 31 heavy (non-hydrogen) atoms. The lowest BCUT2D eigenvalue weighted by atomic mass is 10.1. The predicted octanol–water partition coefficient (Wildman–Crippen LogP) is 4.63. The highest BCUT2D eigenvalue weighted by molar-refractivity contribution is 5.95. The molecule has 0 saturated carbocycles. The summed E-state index contributed by atoms with van der Waals surface area (Å²) in [7, 11) is 0. The maximum absolute atomic E-state index is 10.8. The van der Waals surface area contributed by atoms with Gasteiger partial charge in [-0.1, -0.05) is 12.1 Å². The van der Waals surface area contributed by atoms with Crippen LogP contribution in [-0.2, 0) is 11.3 Å². The standard InChI is InChI=1S/C25H28N4O2/c1-2-29-24-16-21(31-14-6-13-28-11-3-4-12-28)9-10-22(24)23(17-26)25(29)19-7-5-8-20(15-19)27-18-30/h5,7-10,15-16,18H,2-4,6,11-14H2,1H3,(H,27,30). The Kier molecular flexibility index (Phi) is 6.54. The number of nitrogens with one attached hydrogen (secondary N) is 1. The number of carbonyl (C=O) groups is 1. The third-order valence-corrected chi connectivity index (χ3v) is 5.91. The molecule has 2 aromatic carbocycles. The molecular formula is C25H28N4O2. The first kappa shape index (κ1) is 21.0. The molecule has 1 N–H and O–H groups in total. The van der Waals surface area contributed by atoms with Gasteiger partial charge in [-0.2, -0.15) is 5.26 Å². The molecular weight excluding hydrogens is 388 g/mol. The molecule has 1 aliphatic heterocycles. The van der Waals surface area contributed by atoms with Crippen molar-refractivity contribution in [1.29, 1.82) is 5.26 Å². The van der Waals surface area contributed by atoms with E-state index in [2.05, 4.69) is 27.8 Å². The second kappa shape index (κ2) is 9.67. The van der Waals surface area contributed by atoms with Gasteiger partial charge in [-0.25, -0.2) is 0 Å². The molecule has 1 aromatic heterocycles. The summed E-state index contributed by atoms with van der Waals surface area (Å²) in [5, 5.41) is 13.5. The Bertz CT molecular complexity index is 1110. The highest BCUT2D eigenvalue weighted by atomic mass is 16.5. The number of likely N-dealkylation sites (tertiary alicyclic amines) is 1. The molecule has 2 heterocycles. The minimum atomic E-state index is 0.640. The first-order chi connectivity index (χ1) is 15.2. The number of aromatic nitrogens is 1. The molecule has 3 aromatic rings. The first-order valence-electron chi connectivity index (χ1n) is 11.0. The molecule has 0 spiro atoms. The molecule has 0 radical (unpaired) electrons. The van der Waals surface area contributed by atoms with Crippen LogP contribution in [0, 0.1) is 11.3 Å². The molecule has 6 heteroatoms. The van der Waals surface area contributed by atoms with Crippen molar-refractivity contribution < 1.29 is 9.53 Å². The molecule has 4 rings (SSSR count). The fraction of sp³-hybridized carbons (Fsp3) is 0.360. The van der Waals surface area contributed by atoms with Crippen LogP contribution in [0.1, 0.15) is 31.7 Å². The van der Waals surface area contributed by atoms with Crippen molar-refractivity contribution in [1.82, 2.24) is 9.47 Å². The number of benzene rings is 2. The summed E-state index contributed by atoms with van der Waals surface area (Å²) in [4.78, 5) is 13.3. The van der Waals surface area contributed by atoms with Crippen LogP contribution in [0.2, 0.25) is 0 Å². The number of hydrogen-bond donors (Lipinski definition) is 1. The van der Waals surface area contributed by atoms with Crippen LogP contribution >= 0.6 is 0 Å². The van der Waals surface area contributed by atoms with Crippen LogP contribution in [0.3, 0.4) is 0 Å². The van der Waals surface area contributed by atoms with Gasteiger partial charge in [0, 0.05) is 35.8 Å². The summed E-state index contributed by atoms with van der Waals surface area (Å²) < 4.78 is 8.19. The van der Waals surface area contributed by atoms with E-state index < -0.39 is 0 Å². The van der Waals surface area contributed by atoms with Crippen LogP contribution < -0.4 is 10.1 Å². The lowest BCUT2D eigenvalue weighted by molar-refractivity contribution is -0.105. The number of hydrogen-bond acceptors (Lipinski definition) is 4. The number of carbonyl (C=O) groups excluding carboxylic acids is 1. The zero-order valence-electron chi connectivity index (χ0n) is 17.9. The molecule has 0 unspecified atom stereocenters. The largest absolute Gasteiger partial charge is 0.493 e. The van der Waals surface area contributed by atoms with Crippen molar-refractivity contribution in [3.8, 4) is 23.1 Å². The van der Waals surface area contributed by atoms with Crippen LogP contribution in [0.15, 0.2) is 42.5 Å². The Morgan fingerprint density at radius 3 is 2.77 bits per heavy atom. The molecule has 1 aliphatic rings. The summed E-state index contributed by atoms with van der Waals surface area (Å²) in [5.41, 5.74) is 4.09. The number of nitriles is 1. The predicted molar refractivity (Wildman–Crippen MR) is 123 cm³/mol. The second-order valence-corrected chi connectivity index (χ2v) is 7.85. The Balaban J connectivity index is 1.62. The van der Waals surface area contributed by atoms with Crippen molar-refractivity contribution in [3.63, 3.8) is 0 Å². The SMILES string of the molecule is CCn1c(-c2cccc(NC=O)c2)c(C#N)c2ccc(OCCCN3CCCC3)cc21. The van der Waals surface area contributed by atoms with Crippen molar-refractivity contribution in [2.75, 3.05) is 31.6 Å². The van der Waals surface area contributed by atoms with E-state index in [1.807, 2.05) is 42.5 Å². The fourth-order valence-electron chi connectivity index (χ4n) is 4.47. The number of anilines is 1. The second-order valence-electron chi connectivity index (χ2n) is 7.85. The zero-order chi connectivity index (χ0) is 21.6. The molecule has 1 amide bonds. The molecule has 1 saturated heterocycles. The lowest BCUT2D eigenvalue weighted by Crippen LogP contribution is -2.21. The number of rotatable bonds is 9. The normalized spacial score (nSPS) is 13.9. The van der Waals surface area contributed by atoms with Gasteiger partial charge < -0.3 is 19.5 Å². The van der Waals surface area contributed by atoms with E-state index >= 15 is 0 Å². The van der Waals surface area contributed by atoms with Crippen LogP contribution in [0.4, 0.5) is 5.69 Å². The van der Waals surface area contributed by atoms with Gasteiger partial charge in [-0.05, 0) is 63.5 Å². The van der Waals surface area contributed by atoms with Gasteiger partial charge >= 0.3 is 0 Å². The lowest BCUT2D eigenvalue weighted by Gasteiger charge is -2.14. The van der Waals surface area contributed by atoms with E-state index in [4.69, 9.17) is 4.74 Å².